The van der Waals surface area contributed by atoms with E-state index in [0.717, 1.165) is 11.3 Å². The van der Waals surface area contributed by atoms with Gasteiger partial charge in [0.25, 0.3) is 11.8 Å². The lowest BCUT2D eigenvalue weighted by Crippen LogP contribution is -2.28. The van der Waals surface area contributed by atoms with Crippen molar-refractivity contribution in [3.8, 4) is 10.7 Å². The van der Waals surface area contributed by atoms with Crippen molar-refractivity contribution >= 4 is 23.2 Å². The van der Waals surface area contributed by atoms with E-state index in [4.69, 9.17) is 0 Å². The summed E-state index contributed by atoms with van der Waals surface area (Å²) >= 11 is 1.00. The number of thiazole rings is 1. The minimum Gasteiger partial charge on any atom is -0.352 e. The van der Waals surface area contributed by atoms with Gasteiger partial charge >= 0.3 is 12.4 Å². The zero-order valence-corrected chi connectivity index (χ0v) is 18.9. The van der Waals surface area contributed by atoms with Crippen LogP contribution in [0, 0.1) is 0 Å². The molecule has 3 rings (SSSR count). The van der Waals surface area contributed by atoms with Crippen LogP contribution in [0.2, 0.25) is 0 Å². The number of nitrogens with zero attached hydrogens (tertiary/aromatic N) is 3. The monoisotopic (exact) mass is 517 g/mol. The van der Waals surface area contributed by atoms with Gasteiger partial charge in [-0.2, -0.15) is 26.3 Å². The smallest absolute Gasteiger partial charge is 0.352 e. The first kappa shape index (κ1) is 26.1. The SMILES string of the molecule is CCNC(=O)c1cnc(-c2nccnc2[C@H](C)NC(=O)c2cc(C(F)(F)F)cc(C(F)(F)F)c2)s1. The number of carbonyl (C=O) groups excluding carboxylic acids is 2. The molecule has 2 N–H and O–H groups in total. The van der Waals surface area contributed by atoms with E-state index in [-0.39, 0.29) is 28.4 Å². The molecule has 0 aliphatic carbocycles. The number of nitrogens with one attached hydrogen (secondary N) is 2. The molecule has 0 aliphatic heterocycles. The van der Waals surface area contributed by atoms with E-state index in [1.54, 1.807) is 6.92 Å². The highest BCUT2D eigenvalue weighted by atomic mass is 32.1. The van der Waals surface area contributed by atoms with Crippen molar-refractivity contribution in [1.82, 2.24) is 25.6 Å². The Hall–Kier alpha value is -3.55. The number of halogens is 6. The third-order valence-corrected chi connectivity index (χ3v) is 5.61. The van der Waals surface area contributed by atoms with Gasteiger partial charge in [0.2, 0.25) is 0 Å². The third-order valence-electron chi connectivity index (χ3n) is 4.60. The van der Waals surface area contributed by atoms with Crippen LogP contribution in [-0.2, 0) is 12.4 Å². The van der Waals surface area contributed by atoms with E-state index in [1.165, 1.54) is 25.5 Å². The molecule has 14 heteroatoms. The van der Waals surface area contributed by atoms with Gasteiger partial charge in [-0.1, -0.05) is 0 Å². The van der Waals surface area contributed by atoms with Crippen LogP contribution < -0.4 is 10.6 Å². The maximum absolute atomic E-state index is 13.1. The minimum atomic E-state index is -5.09. The van der Waals surface area contributed by atoms with Gasteiger partial charge in [0.1, 0.15) is 15.6 Å². The van der Waals surface area contributed by atoms with E-state index in [2.05, 4.69) is 25.6 Å². The Morgan fingerprint density at radius 3 is 2.11 bits per heavy atom. The van der Waals surface area contributed by atoms with Crippen molar-refractivity contribution in [2.45, 2.75) is 32.2 Å². The number of rotatable bonds is 6. The summed E-state index contributed by atoms with van der Waals surface area (Å²) in [6, 6.07) is -0.356. The Bertz CT molecular complexity index is 1210. The summed E-state index contributed by atoms with van der Waals surface area (Å²) in [5.41, 5.74) is -3.68. The quantitative estimate of drug-likeness (QED) is 0.455. The van der Waals surface area contributed by atoms with Gasteiger partial charge in [0.15, 0.2) is 0 Å². The molecule has 0 fully saturated rings. The predicted molar refractivity (Wildman–Crippen MR) is 113 cm³/mol. The van der Waals surface area contributed by atoms with Crippen LogP contribution in [-0.4, -0.2) is 33.3 Å². The van der Waals surface area contributed by atoms with Crippen molar-refractivity contribution in [3.05, 3.63) is 64.1 Å². The molecule has 35 heavy (non-hydrogen) atoms. The fraction of sp³-hybridized carbons (Fsp3) is 0.286. The van der Waals surface area contributed by atoms with Crippen molar-refractivity contribution < 1.29 is 35.9 Å². The van der Waals surface area contributed by atoms with E-state index >= 15 is 0 Å². The predicted octanol–water partition coefficient (Wildman–Crippen LogP) is 4.88. The summed E-state index contributed by atoms with van der Waals surface area (Å²) in [6.07, 6.45) is -6.22. The molecule has 1 atom stereocenters. The zero-order chi connectivity index (χ0) is 26.0. The molecule has 2 amide bonds. The average molecular weight is 517 g/mol. The number of alkyl halides is 6. The van der Waals surface area contributed by atoms with E-state index < -0.39 is 41.0 Å². The Morgan fingerprint density at radius 2 is 1.54 bits per heavy atom. The van der Waals surface area contributed by atoms with E-state index in [9.17, 15) is 35.9 Å². The molecule has 2 heterocycles. The molecule has 0 saturated heterocycles. The van der Waals surface area contributed by atoms with Gasteiger partial charge in [0.05, 0.1) is 29.1 Å². The zero-order valence-electron chi connectivity index (χ0n) is 18.1. The number of aromatic nitrogens is 3. The van der Waals surface area contributed by atoms with Gasteiger partial charge in [-0.25, -0.2) is 4.98 Å². The molecule has 0 radical (unpaired) electrons. The molecule has 0 unspecified atom stereocenters. The lowest BCUT2D eigenvalue weighted by atomic mass is 10.0. The largest absolute Gasteiger partial charge is 0.416 e. The first-order chi connectivity index (χ1) is 16.3. The van der Waals surface area contributed by atoms with Crippen LogP contribution in [0.4, 0.5) is 26.3 Å². The van der Waals surface area contributed by atoms with Crippen LogP contribution in [0.5, 0.6) is 0 Å². The van der Waals surface area contributed by atoms with Crippen molar-refractivity contribution in [1.29, 1.82) is 0 Å². The van der Waals surface area contributed by atoms with Crippen molar-refractivity contribution in [2.75, 3.05) is 6.54 Å². The lowest BCUT2D eigenvalue weighted by molar-refractivity contribution is -0.143. The van der Waals surface area contributed by atoms with E-state index in [0.29, 0.717) is 23.6 Å². The fourth-order valence-electron chi connectivity index (χ4n) is 3.00. The summed E-state index contributed by atoms with van der Waals surface area (Å²) in [5.74, 6) is -1.53. The van der Waals surface area contributed by atoms with Gasteiger partial charge in [-0.05, 0) is 32.0 Å². The van der Waals surface area contributed by atoms with Gasteiger partial charge in [0, 0.05) is 24.5 Å². The Balaban J connectivity index is 1.91. The average Bonchev–Trinajstić information content (AvgIpc) is 3.28. The minimum absolute atomic E-state index is 0.0598. The molecule has 0 spiro atoms. The number of carbonyl (C=O) groups is 2. The van der Waals surface area contributed by atoms with Crippen LogP contribution in [0.3, 0.4) is 0 Å². The molecule has 0 aliphatic rings. The molecule has 186 valence electrons. The number of benzene rings is 1. The van der Waals surface area contributed by atoms with Gasteiger partial charge in [-0.3, -0.25) is 19.6 Å². The summed E-state index contributed by atoms with van der Waals surface area (Å²) in [4.78, 5) is 37.4. The topological polar surface area (TPSA) is 96.9 Å². The fourth-order valence-corrected chi connectivity index (χ4v) is 3.84. The molecule has 0 bridgehead atoms. The summed E-state index contributed by atoms with van der Waals surface area (Å²) < 4.78 is 78.7. The molecule has 1 aromatic carbocycles. The summed E-state index contributed by atoms with van der Waals surface area (Å²) in [7, 11) is 0. The molecule has 0 saturated carbocycles. The number of amides is 2. The lowest BCUT2D eigenvalue weighted by Gasteiger charge is -2.17. The second-order valence-corrected chi connectivity index (χ2v) is 8.20. The van der Waals surface area contributed by atoms with Crippen LogP contribution in [0.1, 0.15) is 56.7 Å². The van der Waals surface area contributed by atoms with Crippen LogP contribution in [0.15, 0.2) is 36.8 Å². The second-order valence-electron chi connectivity index (χ2n) is 7.17. The molecular weight excluding hydrogens is 500 g/mol. The molecular formula is C21H17F6N5O2S. The van der Waals surface area contributed by atoms with Crippen molar-refractivity contribution in [2.24, 2.45) is 0 Å². The Labute approximate surface area is 198 Å². The maximum Gasteiger partial charge on any atom is 0.416 e. The highest BCUT2D eigenvalue weighted by Gasteiger charge is 2.37. The van der Waals surface area contributed by atoms with Crippen molar-refractivity contribution in [3.63, 3.8) is 0 Å². The maximum atomic E-state index is 13.1. The second kappa shape index (κ2) is 9.98. The third kappa shape index (κ3) is 6.12. The number of hydrogen-bond donors (Lipinski definition) is 2. The highest BCUT2D eigenvalue weighted by molar-refractivity contribution is 7.16. The summed E-state index contributed by atoms with van der Waals surface area (Å²) in [6.45, 7) is 3.58. The van der Waals surface area contributed by atoms with Gasteiger partial charge in [-0.15, -0.1) is 11.3 Å². The first-order valence-corrected chi connectivity index (χ1v) is 10.8. The van der Waals surface area contributed by atoms with E-state index in [1.807, 2.05) is 0 Å². The number of hydrogen-bond acceptors (Lipinski definition) is 6. The normalized spacial score (nSPS) is 12.8. The van der Waals surface area contributed by atoms with Crippen LogP contribution in [0.25, 0.3) is 10.7 Å². The molecule has 3 aromatic rings. The van der Waals surface area contributed by atoms with Crippen LogP contribution >= 0.6 is 11.3 Å². The standard InChI is InChI=1S/C21H17F6N5O2S/c1-3-28-18(34)14-9-31-19(35-14)16-15(29-4-5-30-16)10(2)32-17(33)11-6-12(20(22,23)24)8-13(7-11)21(25,26)27/h4-10H,3H2,1-2H3,(H,28,34)(H,32,33)/t10-/m0/s1. The molecule has 7 nitrogen and oxygen atoms in total. The Kier molecular flexibility index (Phi) is 7.43. The first-order valence-electron chi connectivity index (χ1n) is 9.97. The summed E-state index contributed by atoms with van der Waals surface area (Å²) in [5, 5.41) is 5.25. The van der Waals surface area contributed by atoms with Gasteiger partial charge < -0.3 is 10.6 Å². The highest BCUT2D eigenvalue weighted by Crippen LogP contribution is 2.36. The molecule has 2 aromatic heterocycles. The Morgan fingerprint density at radius 1 is 0.943 bits per heavy atom.